The number of oxazole rings is 1. The number of rotatable bonds is 5. The molecule has 1 amide bonds. The third-order valence-corrected chi connectivity index (χ3v) is 4.52. The number of hydrogen-bond donors (Lipinski definition) is 2. The number of aryl methyl sites for hydroxylation is 1. The first-order valence-corrected chi connectivity index (χ1v) is 8.45. The van der Waals surface area contributed by atoms with Crippen molar-refractivity contribution in [3.05, 3.63) is 64.3 Å². The number of carbonyl (C=O) groups excluding carboxylic acids is 1. The molecule has 0 radical (unpaired) electrons. The largest absolute Gasteiger partial charge is 0.443 e. The van der Waals surface area contributed by atoms with E-state index in [-0.39, 0.29) is 18.1 Å². The first kappa shape index (κ1) is 16.4. The fraction of sp³-hybridized carbons (Fsp3) is 0.222. The van der Waals surface area contributed by atoms with Crippen LogP contribution in [0.2, 0.25) is 0 Å². The summed E-state index contributed by atoms with van der Waals surface area (Å²) in [5.74, 6) is 0.0394. The summed E-state index contributed by atoms with van der Waals surface area (Å²) in [7, 11) is 0. The quantitative estimate of drug-likeness (QED) is 0.745. The second-order valence-corrected chi connectivity index (χ2v) is 6.64. The Balaban J connectivity index is 1.75. The molecule has 24 heavy (non-hydrogen) atoms. The predicted octanol–water partition coefficient (Wildman–Crippen LogP) is 3.35. The Morgan fingerprint density at radius 2 is 2.08 bits per heavy atom. The first-order valence-electron chi connectivity index (χ1n) is 7.51. The van der Waals surface area contributed by atoms with Crippen LogP contribution in [0, 0.1) is 6.92 Å². The Labute approximate surface area is 144 Å². The van der Waals surface area contributed by atoms with Gasteiger partial charge in [0.15, 0.2) is 17.8 Å². The van der Waals surface area contributed by atoms with E-state index in [1.54, 1.807) is 6.92 Å². The van der Waals surface area contributed by atoms with Crippen LogP contribution in [0.1, 0.15) is 28.5 Å². The van der Waals surface area contributed by atoms with Crippen molar-refractivity contribution in [2.24, 2.45) is 0 Å². The molecule has 0 saturated carbocycles. The highest BCUT2D eigenvalue weighted by molar-refractivity contribution is 7.08. The normalized spacial score (nSPS) is 13.5. The van der Waals surface area contributed by atoms with E-state index in [0.29, 0.717) is 5.76 Å². The summed E-state index contributed by atoms with van der Waals surface area (Å²) in [6.45, 7) is 3.74. The minimum atomic E-state index is -1.14. The standard InChI is InChI=1S/C18H18N2O3S/c1-12-3-5-13(6-4-12)16-15(20-11-23-16)17(21)19-10-18(2,22)14-7-8-24-9-14/h3-9,11,22H,10H2,1-2H3,(H,19,21)/t18-/m1/s1. The summed E-state index contributed by atoms with van der Waals surface area (Å²) in [5, 5.41) is 17.0. The van der Waals surface area contributed by atoms with E-state index in [4.69, 9.17) is 4.42 Å². The van der Waals surface area contributed by atoms with Crippen LogP contribution in [0.5, 0.6) is 0 Å². The van der Waals surface area contributed by atoms with Gasteiger partial charge >= 0.3 is 0 Å². The van der Waals surface area contributed by atoms with Gasteiger partial charge in [0.05, 0.1) is 6.54 Å². The molecule has 2 heterocycles. The molecule has 0 saturated heterocycles. The van der Waals surface area contributed by atoms with Gasteiger partial charge in [-0.3, -0.25) is 4.79 Å². The second-order valence-electron chi connectivity index (χ2n) is 5.86. The summed E-state index contributed by atoms with van der Waals surface area (Å²) >= 11 is 1.50. The summed E-state index contributed by atoms with van der Waals surface area (Å²) in [6, 6.07) is 9.49. The van der Waals surface area contributed by atoms with Gasteiger partial charge in [0.25, 0.3) is 5.91 Å². The number of benzene rings is 1. The molecular formula is C18H18N2O3S. The minimum absolute atomic E-state index is 0.0861. The van der Waals surface area contributed by atoms with E-state index in [1.165, 1.54) is 17.7 Å². The summed E-state index contributed by atoms with van der Waals surface area (Å²) in [4.78, 5) is 16.5. The highest BCUT2D eigenvalue weighted by atomic mass is 32.1. The van der Waals surface area contributed by atoms with Gasteiger partial charge in [-0.25, -0.2) is 4.98 Å². The average Bonchev–Trinajstić information content (AvgIpc) is 3.25. The lowest BCUT2D eigenvalue weighted by molar-refractivity contribution is 0.0529. The Hall–Kier alpha value is -2.44. The highest BCUT2D eigenvalue weighted by Crippen LogP contribution is 2.25. The Morgan fingerprint density at radius 1 is 1.33 bits per heavy atom. The third kappa shape index (κ3) is 3.39. The molecule has 0 unspecified atom stereocenters. The molecule has 5 nitrogen and oxygen atoms in total. The topological polar surface area (TPSA) is 75.4 Å². The Morgan fingerprint density at radius 3 is 2.75 bits per heavy atom. The summed E-state index contributed by atoms with van der Waals surface area (Å²) < 4.78 is 5.38. The molecule has 0 spiro atoms. The van der Waals surface area contributed by atoms with Crippen molar-refractivity contribution in [1.29, 1.82) is 0 Å². The lowest BCUT2D eigenvalue weighted by atomic mass is 9.99. The molecule has 0 aliphatic heterocycles. The molecule has 6 heteroatoms. The summed E-state index contributed by atoms with van der Waals surface area (Å²) in [5.41, 5.74) is 1.75. The van der Waals surface area contributed by atoms with Gasteiger partial charge in [-0.05, 0) is 36.2 Å². The highest BCUT2D eigenvalue weighted by Gasteiger charge is 2.26. The molecule has 3 rings (SSSR count). The molecule has 2 aromatic heterocycles. The van der Waals surface area contributed by atoms with Crippen LogP contribution in [-0.4, -0.2) is 22.5 Å². The van der Waals surface area contributed by atoms with Gasteiger partial charge in [-0.1, -0.05) is 29.8 Å². The molecule has 3 aromatic rings. The van der Waals surface area contributed by atoms with E-state index in [1.807, 2.05) is 48.0 Å². The monoisotopic (exact) mass is 342 g/mol. The molecule has 1 aromatic carbocycles. The number of hydrogen-bond acceptors (Lipinski definition) is 5. The predicted molar refractivity (Wildman–Crippen MR) is 92.9 cm³/mol. The number of carbonyl (C=O) groups is 1. The van der Waals surface area contributed by atoms with Crippen LogP contribution in [0.4, 0.5) is 0 Å². The number of aliphatic hydroxyl groups is 1. The zero-order valence-electron chi connectivity index (χ0n) is 13.4. The van der Waals surface area contributed by atoms with Gasteiger partial charge < -0.3 is 14.8 Å². The average molecular weight is 342 g/mol. The van der Waals surface area contributed by atoms with Crippen LogP contribution < -0.4 is 5.32 Å². The number of thiophene rings is 1. The third-order valence-electron chi connectivity index (χ3n) is 3.83. The molecule has 0 bridgehead atoms. The van der Waals surface area contributed by atoms with Crippen LogP contribution in [0.3, 0.4) is 0 Å². The van der Waals surface area contributed by atoms with Crippen molar-refractivity contribution in [1.82, 2.24) is 10.3 Å². The molecule has 124 valence electrons. The number of amides is 1. The number of nitrogens with one attached hydrogen (secondary N) is 1. The van der Waals surface area contributed by atoms with Crippen molar-refractivity contribution >= 4 is 17.2 Å². The lowest BCUT2D eigenvalue weighted by Gasteiger charge is -2.22. The molecule has 0 aliphatic carbocycles. The van der Waals surface area contributed by atoms with Crippen molar-refractivity contribution in [2.75, 3.05) is 6.54 Å². The summed E-state index contributed by atoms with van der Waals surface area (Å²) in [6.07, 6.45) is 1.25. The van der Waals surface area contributed by atoms with Gasteiger partial charge in [-0.2, -0.15) is 11.3 Å². The van der Waals surface area contributed by atoms with Crippen molar-refractivity contribution in [3.63, 3.8) is 0 Å². The maximum atomic E-state index is 12.4. The Kier molecular flexibility index (Phi) is 4.51. The number of nitrogens with zero attached hydrogens (tertiary/aromatic N) is 1. The van der Waals surface area contributed by atoms with E-state index >= 15 is 0 Å². The minimum Gasteiger partial charge on any atom is -0.443 e. The van der Waals surface area contributed by atoms with Crippen LogP contribution >= 0.6 is 11.3 Å². The van der Waals surface area contributed by atoms with Gasteiger partial charge in [0.2, 0.25) is 0 Å². The van der Waals surface area contributed by atoms with E-state index in [9.17, 15) is 9.90 Å². The zero-order valence-corrected chi connectivity index (χ0v) is 14.3. The first-order chi connectivity index (χ1) is 11.5. The van der Waals surface area contributed by atoms with Gasteiger partial charge in [0.1, 0.15) is 5.60 Å². The molecule has 0 aliphatic rings. The lowest BCUT2D eigenvalue weighted by Crippen LogP contribution is -2.38. The van der Waals surface area contributed by atoms with Crippen molar-refractivity contribution in [2.45, 2.75) is 19.4 Å². The smallest absolute Gasteiger partial charge is 0.274 e. The molecular weight excluding hydrogens is 324 g/mol. The Bertz CT molecular complexity index is 820. The maximum Gasteiger partial charge on any atom is 0.274 e. The van der Waals surface area contributed by atoms with Crippen molar-refractivity contribution < 1.29 is 14.3 Å². The molecule has 1 atom stereocenters. The van der Waals surface area contributed by atoms with Gasteiger partial charge in [-0.15, -0.1) is 0 Å². The van der Waals surface area contributed by atoms with Crippen LogP contribution in [0.15, 0.2) is 51.9 Å². The van der Waals surface area contributed by atoms with Gasteiger partial charge in [0, 0.05) is 5.56 Å². The van der Waals surface area contributed by atoms with E-state index < -0.39 is 5.60 Å². The fourth-order valence-corrected chi connectivity index (χ4v) is 3.11. The SMILES string of the molecule is Cc1ccc(-c2ocnc2C(=O)NC[C@@](C)(O)c2ccsc2)cc1. The van der Waals surface area contributed by atoms with Crippen molar-refractivity contribution in [3.8, 4) is 11.3 Å². The van der Waals surface area contributed by atoms with E-state index in [2.05, 4.69) is 10.3 Å². The van der Waals surface area contributed by atoms with E-state index in [0.717, 1.165) is 16.7 Å². The fourth-order valence-electron chi connectivity index (χ4n) is 2.33. The molecule has 0 fully saturated rings. The maximum absolute atomic E-state index is 12.4. The number of aromatic nitrogens is 1. The van der Waals surface area contributed by atoms with Crippen LogP contribution in [-0.2, 0) is 5.60 Å². The van der Waals surface area contributed by atoms with Crippen LogP contribution in [0.25, 0.3) is 11.3 Å². The molecule has 2 N–H and O–H groups in total. The zero-order chi connectivity index (χ0) is 17.2. The second kappa shape index (κ2) is 6.59.